The number of carbonyl (C=O) groups is 1. The highest BCUT2D eigenvalue weighted by molar-refractivity contribution is 5.69. The van der Waals surface area contributed by atoms with Crippen LogP contribution in [0, 0.1) is 0 Å². The van der Waals surface area contributed by atoms with Gasteiger partial charge in [-0.25, -0.2) is 0 Å². The Bertz CT molecular complexity index is 2750. The zero-order chi connectivity index (χ0) is 58.2. The van der Waals surface area contributed by atoms with Gasteiger partial charge in [-0.15, -0.1) is 0 Å². The lowest BCUT2D eigenvalue weighted by molar-refractivity contribution is -0.336. The highest BCUT2D eigenvalue weighted by Crippen LogP contribution is 2.39. The van der Waals surface area contributed by atoms with E-state index in [-0.39, 0.29) is 52.7 Å². The molecule has 1 N–H and O–H groups in total. The van der Waals surface area contributed by atoms with E-state index < -0.39 is 73.2 Å². The molecule has 2 aliphatic rings. The number of azide groups is 1. The van der Waals surface area contributed by atoms with Crippen molar-refractivity contribution < 1.29 is 52.5 Å². The minimum Gasteiger partial charge on any atom is -0.457 e. The average molecular weight is 1150 g/mol. The van der Waals surface area contributed by atoms with E-state index in [0.717, 1.165) is 52.6 Å². The van der Waals surface area contributed by atoms with E-state index in [9.17, 15) is 15.4 Å². The largest absolute Gasteiger partial charge is 0.457 e. The van der Waals surface area contributed by atoms with Crippen LogP contribution in [0.3, 0.4) is 0 Å². The Morgan fingerprint density at radius 1 is 0.452 bits per heavy atom. The molecule has 1 aliphatic carbocycles. The predicted octanol–water partition coefficient (Wildman–Crippen LogP) is 14.7. The maximum Gasteiger partial charge on any atom is 0.306 e. The highest BCUT2D eigenvalue weighted by atomic mass is 16.7. The number of aliphatic hydroxyl groups is 1. The van der Waals surface area contributed by atoms with Crippen LogP contribution < -0.4 is 0 Å². The summed E-state index contributed by atoms with van der Waals surface area (Å²) in [5, 5.41) is 17.4. The molecule has 14 nitrogen and oxygen atoms in total. The average Bonchev–Trinajstić information content (AvgIpc) is 1.70. The summed E-state index contributed by atoms with van der Waals surface area (Å²) in [5.74, 6) is -0.509. The zero-order valence-corrected chi connectivity index (χ0v) is 48.9. The molecule has 0 spiro atoms. The van der Waals surface area contributed by atoms with E-state index in [1.165, 1.54) is 57.8 Å². The maximum absolute atomic E-state index is 14.5. The first-order chi connectivity index (χ1) is 41.5. The molecule has 14 heteroatoms. The van der Waals surface area contributed by atoms with E-state index in [0.29, 0.717) is 6.42 Å². The Kier molecular flexibility index (Phi) is 27.7. The third-order valence-electron chi connectivity index (χ3n) is 15.6. The molecule has 5 unspecified atom stereocenters. The normalized spacial score (nSPS) is 23.1. The van der Waals surface area contributed by atoms with Crippen molar-refractivity contribution in [3.05, 3.63) is 226 Å². The number of unbranched alkanes of at least 4 members (excludes halogenated alkanes) is 12. The van der Waals surface area contributed by atoms with Gasteiger partial charge >= 0.3 is 5.97 Å². The summed E-state index contributed by atoms with van der Waals surface area (Å²) in [6, 6.07) is 57.2. The number of hydrogen-bond donors (Lipinski definition) is 1. The quantitative estimate of drug-likeness (QED) is 0.0129. The fourth-order valence-corrected chi connectivity index (χ4v) is 11.1. The Hall–Kier alpha value is -6.26. The third kappa shape index (κ3) is 20.8. The summed E-state index contributed by atoms with van der Waals surface area (Å²) in [6.07, 6.45) is 3.54. The van der Waals surface area contributed by atoms with Crippen LogP contribution in [0.2, 0.25) is 0 Å². The van der Waals surface area contributed by atoms with Gasteiger partial charge in [-0.05, 0) is 45.3 Å². The number of nitrogens with zero attached hydrogens (tertiary/aromatic N) is 3. The first kappa shape index (κ1) is 63.8. The second kappa shape index (κ2) is 36.6. The van der Waals surface area contributed by atoms with Gasteiger partial charge in [-0.1, -0.05) is 271 Å². The molecule has 1 heterocycles. The molecule has 0 amide bonds. The smallest absolute Gasteiger partial charge is 0.306 e. The maximum atomic E-state index is 14.5. The van der Waals surface area contributed by atoms with Crippen LogP contribution in [0.4, 0.5) is 0 Å². The van der Waals surface area contributed by atoms with Gasteiger partial charge in [0, 0.05) is 11.3 Å². The van der Waals surface area contributed by atoms with Crippen molar-refractivity contribution in [3.63, 3.8) is 0 Å². The second-order valence-corrected chi connectivity index (χ2v) is 22.1. The molecular formula is C70H87N3O11. The first-order valence-corrected chi connectivity index (χ1v) is 30.6. The molecule has 1 aliphatic heterocycles. The van der Waals surface area contributed by atoms with Crippen LogP contribution in [0.1, 0.15) is 130 Å². The van der Waals surface area contributed by atoms with Gasteiger partial charge in [0.2, 0.25) is 0 Å². The lowest BCUT2D eigenvalue weighted by Crippen LogP contribution is -2.69. The molecule has 1 saturated heterocycles. The van der Waals surface area contributed by atoms with Crippen LogP contribution in [-0.4, -0.2) is 85.0 Å². The molecule has 8 rings (SSSR count). The molecule has 2 fully saturated rings. The van der Waals surface area contributed by atoms with Crippen molar-refractivity contribution in [1.82, 2.24) is 0 Å². The van der Waals surface area contributed by atoms with Crippen LogP contribution >= 0.6 is 0 Å². The predicted molar refractivity (Wildman–Crippen MR) is 324 cm³/mol. The van der Waals surface area contributed by atoms with Crippen molar-refractivity contribution in [2.45, 2.75) is 204 Å². The summed E-state index contributed by atoms with van der Waals surface area (Å²) in [5.41, 5.74) is 15.9. The standard InChI is InChI=1S/C70H87N3O11/c1-2-3-4-5-6-7-8-9-10-11-12-13-32-45-60(74)83-66-62(75)65(79-49-56-39-26-17-27-40-56)67(80-50-57-41-28-18-29-42-57)68(81-51-58-43-30-19-31-44-58)69(66)84-70-61(72-73-71)64(78-48-55-37-24-16-25-38-55)63(77-47-54-35-22-15-23-36-54)59(82-70)52-76-46-53-33-20-14-21-34-53/h14-31,33-44,59,61-70,75H,2-13,32,45-52H2,1H3/t59?,61?,62-,63-,64+,65?,66?,67+,68+,69?,70-/m0/s1. The highest BCUT2D eigenvalue weighted by Gasteiger charge is 2.58. The summed E-state index contributed by atoms with van der Waals surface area (Å²) in [6.45, 7) is 3.12. The van der Waals surface area contributed by atoms with Crippen molar-refractivity contribution in [2.24, 2.45) is 5.11 Å². The third-order valence-corrected chi connectivity index (χ3v) is 15.6. The lowest BCUT2D eigenvalue weighted by Gasteiger charge is -2.51. The van der Waals surface area contributed by atoms with Crippen LogP contribution in [0.25, 0.3) is 10.4 Å². The topological polar surface area (TPSA) is 169 Å². The number of esters is 1. The molecule has 0 bridgehead atoms. The number of aliphatic hydroxyl groups excluding tert-OH is 1. The minimum absolute atomic E-state index is 0.0133. The molecule has 11 atom stereocenters. The Labute approximate surface area is 497 Å². The lowest BCUT2D eigenvalue weighted by atomic mass is 9.83. The fourth-order valence-electron chi connectivity index (χ4n) is 11.1. The molecule has 6 aromatic carbocycles. The first-order valence-electron chi connectivity index (χ1n) is 30.6. The monoisotopic (exact) mass is 1150 g/mol. The van der Waals surface area contributed by atoms with Crippen molar-refractivity contribution in [3.8, 4) is 0 Å². The van der Waals surface area contributed by atoms with E-state index in [1.807, 2.05) is 182 Å². The fraction of sp³-hybridized carbons (Fsp3) is 0.471. The second-order valence-electron chi connectivity index (χ2n) is 22.1. The van der Waals surface area contributed by atoms with Gasteiger partial charge in [0.1, 0.15) is 54.9 Å². The van der Waals surface area contributed by atoms with E-state index in [1.54, 1.807) is 0 Å². The van der Waals surface area contributed by atoms with Crippen molar-refractivity contribution in [1.29, 1.82) is 0 Å². The summed E-state index contributed by atoms with van der Waals surface area (Å²) in [4.78, 5) is 17.8. The molecular weight excluding hydrogens is 1060 g/mol. The number of hydrogen-bond acceptors (Lipinski definition) is 12. The van der Waals surface area contributed by atoms with E-state index >= 15 is 0 Å². The van der Waals surface area contributed by atoms with Gasteiger partial charge in [0.25, 0.3) is 0 Å². The number of carbonyl (C=O) groups excluding carboxylic acids is 1. The molecule has 1 saturated carbocycles. The minimum atomic E-state index is -1.52. The van der Waals surface area contributed by atoms with Crippen LogP contribution in [0.15, 0.2) is 187 Å². The summed E-state index contributed by atoms with van der Waals surface area (Å²) < 4.78 is 61.9. The van der Waals surface area contributed by atoms with Crippen LogP contribution in [-0.2, 0) is 87.1 Å². The number of ether oxygens (including phenoxy) is 9. The van der Waals surface area contributed by atoms with Crippen LogP contribution in [0.5, 0.6) is 0 Å². The summed E-state index contributed by atoms with van der Waals surface area (Å²) >= 11 is 0. The number of rotatable bonds is 37. The SMILES string of the molecule is CCCCCCCCCCCCCCCC(=O)OC1C(O[C@@H]2OC(COCc3ccccc3)[C@H](OCc3ccccc3)[C@H](OCc3ccccc3)C2N=[N+]=[N-])[C@H](OCc2ccccc2)[C@H](OCc2ccccc2)C(OCc2ccccc2)[C@@H]1O. The van der Waals surface area contributed by atoms with Gasteiger partial charge in [0.15, 0.2) is 12.4 Å². The van der Waals surface area contributed by atoms with Gasteiger partial charge in [-0.2, -0.15) is 0 Å². The molecule has 6 aromatic rings. The van der Waals surface area contributed by atoms with Gasteiger partial charge in [-0.3, -0.25) is 4.79 Å². The summed E-state index contributed by atoms with van der Waals surface area (Å²) in [7, 11) is 0. The van der Waals surface area contributed by atoms with E-state index in [4.69, 9.17) is 42.6 Å². The van der Waals surface area contributed by atoms with E-state index in [2.05, 4.69) is 16.9 Å². The van der Waals surface area contributed by atoms with Gasteiger partial charge in [0.05, 0.1) is 46.2 Å². The van der Waals surface area contributed by atoms with Crippen molar-refractivity contribution in [2.75, 3.05) is 6.61 Å². The number of benzene rings is 6. The van der Waals surface area contributed by atoms with Crippen molar-refractivity contribution >= 4 is 5.97 Å². The molecule has 0 aromatic heterocycles. The van der Waals surface area contributed by atoms with Gasteiger partial charge < -0.3 is 47.7 Å². The Morgan fingerprint density at radius 3 is 1.23 bits per heavy atom. The Balaban J connectivity index is 1.13. The molecule has 84 heavy (non-hydrogen) atoms. The Morgan fingerprint density at radius 2 is 0.810 bits per heavy atom. The zero-order valence-electron chi connectivity index (χ0n) is 48.9. The molecule has 448 valence electrons. The molecule has 0 radical (unpaired) electrons.